The number of halogens is 2. The summed E-state index contributed by atoms with van der Waals surface area (Å²) >= 11 is 12.9. The molecule has 2 heterocycles. The van der Waals surface area contributed by atoms with Crippen LogP contribution in [0, 0.1) is 33.8 Å². The Bertz CT molecular complexity index is 2170. The minimum atomic E-state index is -1.57. The monoisotopic (exact) mass is 707 g/mol. The Morgan fingerprint density at radius 2 is 1.48 bits per heavy atom. The van der Waals surface area contributed by atoms with Gasteiger partial charge in [0.2, 0.25) is 23.6 Å². The van der Waals surface area contributed by atoms with E-state index >= 15 is 4.79 Å². The van der Waals surface area contributed by atoms with E-state index in [2.05, 4.69) is 0 Å². The molecule has 250 valence electrons. The molecule has 0 bridgehead atoms. The van der Waals surface area contributed by atoms with E-state index in [0.29, 0.717) is 26.7 Å². The van der Waals surface area contributed by atoms with Crippen LogP contribution in [0.4, 0.5) is 17.1 Å². The number of nitro benzene ring substituents is 1. The minimum absolute atomic E-state index is 0.0640. The van der Waals surface area contributed by atoms with Crippen LogP contribution in [-0.2, 0) is 24.6 Å². The van der Waals surface area contributed by atoms with Crippen molar-refractivity contribution < 1.29 is 29.2 Å². The van der Waals surface area contributed by atoms with Crippen molar-refractivity contribution in [2.75, 3.05) is 9.80 Å². The third-order valence-electron chi connectivity index (χ3n) is 10.8. The molecule has 4 aromatic rings. The molecule has 8 rings (SSSR count). The molecule has 1 N–H and O–H groups in total. The summed E-state index contributed by atoms with van der Waals surface area (Å²) in [5.74, 6) is -6.36. The van der Waals surface area contributed by atoms with Gasteiger partial charge in [-0.1, -0.05) is 71.2 Å². The number of carbonyl (C=O) groups excluding carboxylic acids is 4. The normalized spacial score (nSPS) is 27.2. The van der Waals surface area contributed by atoms with E-state index in [1.807, 2.05) is 12.1 Å². The summed E-state index contributed by atoms with van der Waals surface area (Å²) < 4.78 is 0. The van der Waals surface area contributed by atoms with Crippen LogP contribution < -0.4 is 9.80 Å². The van der Waals surface area contributed by atoms with Gasteiger partial charge in [-0.15, -0.1) is 0 Å². The lowest BCUT2D eigenvalue weighted by atomic mass is 9.49. The third kappa shape index (κ3) is 4.48. The highest BCUT2D eigenvalue weighted by Crippen LogP contribution is 2.65. The Morgan fingerprint density at radius 1 is 0.760 bits per heavy atom. The van der Waals surface area contributed by atoms with Crippen molar-refractivity contribution in [3.8, 4) is 5.75 Å². The van der Waals surface area contributed by atoms with E-state index in [0.717, 1.165) is 9.80 Å². The number of benzene rings is 4. The average Bonchev–Trinajstić information content (AvgIpc) is 3.50. The molecule has 4 aromatic carbocycles. The first-order chi connectivity index (χ1) is 24.0. The number of amides is 4. The fourth-order valence-electron chi connectivity index (χ4n) is 8.82. The maximum atomic E-state index is 15.2. The first-order valence-electron chi connectivity index (χ1n) is 16.0. The van der Waals surface area contributed by atoms with Crippen LogP contribution in [0.5, 0.6) is 5.75 Å². The Labute approximate surface area is 295 Å². The van der Waals surface area contributed by atoms with Gasteiger partial charge in [-0.05, 0) is 72.9 Å². The molecule has 0 aromatic heterocycles. The molecule has 50 heavy (non-hydrogen) atoms. The second kappa shape index (κ2) is 11.6. The molecule has 0 unspecified atom stereocenters. The molecular formula is C38H27Cl2N3O7. The number of carbonyl (C=O) groups is 4. The van der Waals surface area contributed by atoms with E-state index in [9.17, 15) is 29.6 Å². The molecule has 2 saturated heterocycles. The van der Waals surface area contributed by atoms with E-state index in [4.69, 9.17) is 23.2 Å². The number of phenolic OH excluding ortho intramolecular Hbond substituents is 1. The summed E-state index contributed by atoms with van der Waals surface area (Å²) in [6.45, 7) is 0. The fourth-order valence-corrected chi connectivity index (χ4v) is 9.19. The molecule has 1 saturated carbocycles. The van der Waals surface area contributed by atoms with Gasteiger partial charge in [0, 0.05) is 33.7 Å². The number of hydrogen-bond acceptors (Lipinski definition) is 7. The quantitative estimate of drug-likeness (QED) is 0.102. The largest absolute Gasteiger partial charge is 0.508 e. The average molecular weight is 709 g/mol. The highest BCUT2D eigenvalue weighted by molar-refractivity contribution is 6.32. The number of fused-ring (bicyclic) bond motifs is 4. The maximum absolute atomic E-state index is 15.2. The molecule has 3 fully saturated rings. The zero-order chi connectivity index (χ0) is 35.1. The highest BCUT2D eigenvalue weighted by atomic mass is 35.5. The number of nitro groups is 1. The zero-order valence-corrected chi connectivity index (χ0v) is 27.6. The van der Waals surface area contributed by atoms with Crippen molar-refractivity contribution in [2.24, 2.45) is 23.7 Å². The van der Waals surface area contributed by atoms with Crippen molar-refractivity contribution in [3.63, 3.8) is 0 Å². The first kappa shape index (κ1) is 31.9. The van der Waals surface area contributed by atoms with E-state index < -0.39 is 63.6 Å². The number of nitrogens with zero attached hydrogens (tertiary/aromatic N) is 3. The highest BCUT2D eigenvalue weighted by Gasteiger charge is 2.70. The van der Waals surface area contributed by atoms with Crippen molar-refractivity contribution in [2.45, 2.75) is 24.2 Å². The number of non-ortho nitro benzene ring substituents is 1. The Kier molecular flexibility index (Phi) is 7.43. The number of allylic oxidation sites excluding steroid dienone is 2. The molecule has 6 atom stereocenters. The number of imide groups is 2. The molecule has 0 spiro atoms. The van der Waals surface area contributed by atoms with Crippen LogP contribution >= 0.6 is 23.2 Å². The molecule has 12 heteroatoms. The van der Waals surface area contributed by atoms with Crippen LogP contribution in [0.1, 0.15) is 29.9 Å². The summed E-state index contributed by atoms with van der Waals surface area (Å²) in [4.78, 5) is 71.3. The Hall–Kier alpha value is -5.32. The van der Waals surface area contributed by atoms with Crippen LogP contribution in [-0.4, -0.2) is 33.7 Å². The number of hydrogen-bond donors (Lipinski definition) is 1. The lowest BCUT2D eigenvalue weighted by molar-refractivity contribution is -0.384. The fraction of sp³-hybridized carbons (Fsp3) is 0.211. The van der Waals surface area contributed by atoms with E-state index in [1.165, 1.54) is 36.4 Å². The molecule has 2 aliphatic heterocycles. The van der Waals surface area contributed by atoms with Crippen LogP contribution in [0.15, 0.2) is 109 Å². The second-order valence-corrected chi connectivity index (χ2v) is 14.0. The van der Waals surface area contributed by atoms with Gasteiger partial charge in [-0.2, -0.15) is 0 Å². The summed E-state index contributed by atoms with van der Waals surface area (Å²) in [7, 11) is 0. The predicted octanol–water partition coefficient (Wildman–Crippen LogP) is 6.97. The third-order valence-corrected chi connectivity index (χ3v) is 11.3. The minimum Gasteiger partial charge on any atom is -0.508 e. The number of phenols is 1. The SMILES string of the molecule is O=C1[C@H]2[C@H](CC=C3[C@H]2C[C@H]2C(=O)N(c4cccc(Cl)c4)C(=O)[C@@]2(c2ccccc2)[C@H]3c2cc(Cl)ccc2O)C(=O)N1c1ccc([N+](=O)[O-])cc1. The van der Waals surface area contributed by atoms with Gasteiger partial charge < -0.3 is 5.11 Å². The lowest BCUT2D eigenvalue weighted by Gasteiger charge is -2.50. The number of anilines is 2. The van der Waals surface area contributed by atoms with Gasteiger partial charge in [0.25, 0.3) is 5.69 Å². The molecular weight excluding hydrogens is 681 g/mol. The van der Waals surface area contributed by atoms with Gasteiger partial charge in [-0.3, -0.25) is 34.2 Å². The van der Waals surface area contributed by atoms with Gasteiger partial charge in [-0.25, -0.2) is 4.90 Å². The molecule has 4 aliphatic rings. The molecule has 0 radical (unpaired) electrons. The second-order valence-electron chi connectivity index (χ2n) is 13.1. The van der Waals surface area contributed by atoms with Gasteiger partial charge in [0.1, 0.15) is 5.75 Å². The summed E-state index contributed by atoms with van der Waals surface area (Å²) in [5, 5.41) is 23.4. The van der Waals surface area contributed by atoms with Crippen LogP contribution in [0.2, 0.25) is 10.0 Å². The van der Waals surface area contributed by atoms with Crippen LogP contribution in [0.3, 0.4) is 0 Å². The van der Waals surface area contributed by atoms with Crippen molar-refractivity contribution >= 4 is 63.9 Å². The summed E-state index contributed by atoms with van der Waals surface area (Å²) in [6.07, 6.45) is 2.11. The van der Waals surface area contributed by atoms with E-state index in [1.54, 1.807) is 54.6 Å². The number of aromatic hydroxyl groups is 1. The Morgan fingerprint density at radius 3 is 2.18 bits per heavy atom. The van der Waals surface area contributed by atoms with Gasteiger partial charge >= 0.3 is 0 Å². The van der Waals surface area contributed by atoms with E-state index in [-0.39, 0.29) is 35.7 Å². The maximum Gasteiger partial charge on any atom is 0.269 e. The predicted molar refractivity (Wildman–Crippen MR) is 185 cm³/mol. The lowest BCUT2D eigenvalue weighted by Crippen LogP contribution is -2.53. The van der Waals surface area contributed by atoms with Crippen molar-refractivity contribution in [3.05, 3.63) is 140 Å². The smallest absolute Gasteiger partial charge is 0.269 e. The van der Waals surface area contributed by atoms with Crippen molar-refractivity contribution in [1.82, 2.24) is 0 Å². The standard InChI is InChI=1S/C38H27Cl2N3O7/c39-21-7-4-8-25(17-21)42-35(46)30-19-28-26(14-15-27-32(28)36(47)41(34(27)45)23-10-12-24(13-11-23)43(49)50)33(29-18-22(40)9-16-31(29)44)38(30,37(42)48)20-5-2-1-3-6-20/h1-14,16-18,27-28,30,32-33,44H,15,19H2/t27-,28+,30-,32-,33+,38+/m0/s1. The molecule has 2 aliphatic carbocycles. The zero-order valence-electron chi connectivity index (χ0n) is 26.1. The van der Waals surface area contributed by atoms with Crippen LogP contribution in [0.25, 0.3) is 0 Å². The van der Waals surface area contributed by atoms with Gasteiger partial charge in [0.05, 0.1) is 39.5 Å². The summed E-state index contributed by atoms with van der Waals surface area (Å²) in [5.41, 5.74) is 0.277. The molecule has 4 amide bonds. The van der Waals surface area contributed by atoms with Crippen molar-refractivity contribution in [1.29, 1.82) is 0 Å². The Balaban J connectivity index is 1.34. The topological polar surface area (TPSA) is 138 Å². The number of rotatable bonds is 5. The van der Waals surface area contributed by atoms with Gasteiger partial charge in [0.15, 0.2) is 0 Å². The summed E-state index contributed by atoms with van der Waals surface area (Å²) in [6, 6.07) is 25.2. The molecule has 10 nitrogen and oxygen atoms in total. The first-order valence-corrected chi connectivity index (χ1v) is 16.8.